The molecule has 0 bridgehead atoms. The van der Waals surface area contributed by atoms with Gasteiger partial charge in [-0.05, 0) is 109 Å². The van der Waals surface area contributed by atoms with Gasteiger partial charge in [-0.1, -0.05) is 13.8 Å². The Morgan fingerprint density at radius 3 is 0.537 bits per heavy atom. The molecule has 0 heterocycles. The number of nitrogens with one attached hydrogen (secondary N) is 15. The molecule has 0 spiro atoms. The summed E-state index contributed by atoms with van der Waals surface area (Å²) < 4.78 is 0. The normalized spacial score (nSPS) is 16.4. The van der Waals surface area contributed by atoms with Crippen molar-refractivity contribution in [3.63, 3.8) is 0 Å². The smallest absolute Gasteiger partial charge is 0.325 e. The van der Waals surface area contributed by atoms with Crippen LogP contribution in [0.2, 0.25) is 0 Å². The summed E-state index contributed by atoms with van der Waals surface area (Å²) in [6.07, 6.45) is 0.108. The fraction of sp³-hybridized carbons (Fsp3) is 0.680. The van der Waals surface area contributed by atoms with E-state index in [1.165, 1.54) is 104 Å². The Labute approximate surface area is 475 Å². The SMILES string of the molecule is CC(=O)N[C@@H](C)C(=O)N[C@@H](C)C(=O)N[C@@H](C)C(=O)N[C@@H](C)C(=O)N[C@@H](C)C(=O)N[C@@H](C)C(=O)N[C@@H](C)C(=O)N[C@@H](C)C(=O)N[C@@H](C)C(=O)N[C@@H](C)C(=O)N[C@@H](C)C(=O)N[C@@H](CC(C)C)C(=O)N[C@@H](C)C(=O)N[C@@H](C)C(=O)N[C@@H](C)C(=O)O. The predicted molar refractivity (Wildman–Crippen MR) is 291 cm³/mol. The van der Waals surface area contributed by atoms with Crippen LogP contribution in [0.25, 0.3) is 0 Å². The Balaban J connectivity index is 5.14. The van der Waals surface area contributed by atoms with Gasteiger partial charge in [-0.25, -0.2) is 0 Å². The third-order valence-electron chi connectivity index (χ3n) is 11.9. The molecule has 32 nitrogen and oxygen atoms in total. The Morgan fingerprint density at radius 2 is 0.378 bits per heavy atom. The average Bonchev–Trinajstić information content (AvgIpc) is 3.41. The van der Waals surface area contributed by atoms with Crippen molar-refractivity contribution in [2.24, 2.45) is 5.92 Å². The highest BCUT2D eigenvalue weighted by molar-refractivity contribution is 6.00. The minimum atomic E-state index is -1.29. The van der Waals surface area contributed by atoms with Crippen LogP contribution in [0.5, 0.6) is 0 Å². The quantitative estimate of drug-likeness (QED) is 0.0298. The summed E-state index contributed by atoms with van der Waals surface area (Å²) in [6.45, 7) is 23.1. The van der Waals surface area contributed by atoms with E-state index >= 15 is 0 Å². The van der Waals surface area contributed by atoms with E-state index in [0.717, 1.165) is 0 Å². The Hall–Kier alpha value is -8.48. The average molecular weight is 1170 g/mol. The van der Waals surface area contributed by atoms with Crippen molar-refractivity contribution in [2.45, 2.75) is 215 Å². The second-order valence-electron chi connectivity index (χ2n) is 20.4. The fourth-order valence-corrected chi connectivity index (χ4v) is 6.59. The molecule has 32 heteroatoms. The van der Waals surface area contributed by atoms with Gasteiger partial charge in [0.1, 0.15) is 90.6 Å². The van der Waals surface area contributed by atoms with Gasteiger partial charge in [-0.3, -0.25) is 76.7 Å². The molecule has 462 valence electrons. The molecule has 0 aliphatic carbocycles. The van der Waals surface area contributed by atoms with Gasteiger partial charge >= 0.3 is 5.97 Å². The second kappa shape index (κ2) is 34.6. The summed E-state index contributed by atoms with van der Waals surface area (Å²) in [4.78, 5) is 202. The molecule has 15 amide bonds. The van der Waals surface area contributed by atoms with Crippen molar-refractivity contribution in [1.29, 1.82) is 0 Å². The topological polar surface area (TPSA) is 474 Å². The molecule has 0 aliphatic heterocycles. The maximum absolute atomic E-state index is 13.2. The standard InChI is InChI=1S/C50H85N15O17/c1-19(2)18-35(49(80)63-31(14)46(77)61-30(13)47(78)64-33(16)50(81)82)65-48(79)32(15)62-45(76)29(12)60-44(75)28(11)59-43(74)27(10)58-42(73)26(9)57-41(72)25(8)56-40(71)24(7)55-39(70)23(6)54-38(69)22(5)53-37(68)21(4)52-36(67)20(3)51-34(17)66/h19-33,35H,18H2,1-17H3,(H,51,66)(H,52,67)(H,53,68)(H,54,69)(H,55,70)(H,56,71)(H,57,72)(H,58,73)(H,59,74)(H,60,75)(H,61,77)(H,62,76)(H,63,80)(H,64,78)(H,65,79)(H,81,82)/t20-,21-,22-,23-,24-,25-,26-,27-,28-,29-,30-,31-,32-,33-,35-/m0/s1. The highest BCUT2D eigenvalue weighted by atomic mass is 16.4. The first-order chi connectivity index (χ1) is 37.7. The third-order valence-corrected chi connectivity index (χ3v) is 11.9. The molecule has 0 unspecified atom stereocenters. The molecule has 16 N–H and O–H groups in total. The summed E-state index contributed by atoms with van der Waals surface area (Å²) in [7, 11) is 0. The number of amides is 15. The molecule has 0 radical (unpaired) electrons. The lowest BCUT2D eigenvalue weighted by atomic mass is 10.0. The largest absolute Gasteiger partial charge is 0.480 e. The minimum absolute atomic E-state index is 0.108. The zero-order chi connectivity index (χ0) is 63.8. The van der Waals surface area contributed by atoms with Crippen molar-refractivity contribution >= 4 is 94.6 Å². The molecular weight excluding hydrogens is 1080 g/mol. The second-order valence-corrected chi connectivity index (χ2v) is 20.4. The first kappa shape index (κ1) is 73.5. The van der Waals surface area contributed by atoms with Crippen molar-refractivity contribution in [2.75, 3.05) is 0 Å². The van der Waals surface area contributed by atoms with Crippen LogP contribution in [0.15, 0.2) is 0 Å². The maximum Gasteiger partial charge on any atom is 0.325 e. The molecule has 0 saturated heterocycles. The number of rotatable bonds is 32. The molecule has 0 fully saturated rings. The molecule has 0 rings (SSSR count). The van der Waals surface area contributed by atoms with Crippen LogP contribution < -0.4 is 79.8 Å². The van der Waals surface area contributed by atoms with E-state index in [4.69, 9.17) is 5.11 Å². The highest BCUT2D eigenvalue weighted by Gasteiger charge is 2.33. The summed E-state index contributed by atoms with van der Waals surface area (Å²) in [6, 6.07) is -18.0. The summed E-state index contributed by atoms with van der Waals surface area (Å²) in [5.74, 6) is -13.0. The van der Waals surface area contributed by atoms with Crippen molar-refractivity contribution in [1.82, 2.24) is 79.8 Å². The van der Waals surface area contributed by atoms with E-state index in [0.29, 0.717) is 0 Å². The van der Waals surface area contributed by atoms with E-state index in [9.17, 15) is 76.7 Å². The number of hydrogen-bond donors (Lipinski definition) is 16. The van der Waals surface area contributed by atoms with Gasteiger partial charge in [0.05, 0.1) is 0 Å². The summed E-state index contributed by atoms with van der Waals surface area (Å²) >= 11 is 0. The van der Waals surface area contributed by atoms with E-state index < -0.39 is 185 Å². The van der Waals surface area contributed by atoms with E-state index in [-0.39, 0.29) is 12.3 Å². The van der Waals surface area contributed by atoms with Crippen LogP contribution in [-0.2, 0) is 76.7 Å². The number of aliphatic carboxylic acids is 1. The number of carbonyl (C=O) groups excluding carboxylic acids is 15. The van der Waals surface area contributed by atoms with Gasteiger partial charge in [-0.15, -0.1) is 0 Å². The molecule has 0 aromatic rings. The van der Waals surface area contributed by atoms with Crippen LogP contribution in [-0.4, -0.2) is 190 Å². The third kappa shape index (κ3) is 26.7. The Bertz CT molecular complexity index is 2390. The van der Waals surface area contributed by atoms with Crippen molar-refractivity contribution in [3.8, 4) is 0 Å². The number of carboxylic acid groups (broad SMARTS) is 1. The molecular formula is C50H85N15O17. The zero-order valence-corrected chi connectivity index (χ0v) is 49.4. The first-order valence-electron chi connectivity index (χ1n) is 26.5. The number of carbonyl (C=O) groups is 16. The van der Waals surface area contributed by atoms with Gasteiger partial charge in [-0.2, -0.15) is 0 Å². The van der Waals surface area contributed by atoms with Crippen LogP contribution in [0.1, 0.15) is 124 Å². The van der Waals surface area contributed by atoms with Crippen molar-refractivity contribution in [3.05, 3.63) is 0 Å². The van der Waals surface area contributed by atoms with Crippen LogP contribution >= 0.6 is 0 Å². The zero-order valence-electron chi connectivity index (χ0n) is 49.4. The van der Waals surface area contributed by atoms with E-state index in [2.05, 4.69) is 79.8 Å². The predicted octanol–water partition coefficient (Wildman–Crippen LogP) is -6.31. The monoisotopic (exact) mass is 1170 g/mol. The lowest BCUT2D eigenvalue weighted by Gasteiger charge is -2.25. The van der Waals surface area contributed by atoms with Gasteiger partial charge in [0.2, 0.25) is 88.6 Å². The van der Waals surface area contributed by atoms with Gasteiger partial charge < -0.3 is 84.9 Å². The van der Waals surface area contributed by atoms with Crippen LogP contribution in [0.4, 0.5) is 0 Å². The van der Waals surface area contributed by atoms with E-state index in [1.54, 1.807) is 13.8 Å². The lowest BCUT2D eigenvalue weighted by molar-refractivity contribution is -0.141. The number of carboxylic acids is 1. The summed E-state index contributed by atoms with van der Waals surface area (Å²) in [5, 5.41) is 44.9. The minimum Gasteiger partial charge on any atom is -0.480 e. The molecule has 0 saturated carbocycles. The Morgan fingerprint density at radius 1 is 0.232 bits per heavy atom. The fourth-order valence-electron chi connectivity index (χ4n) is 6.59. The molecule has 0 aromatic heterocycles. The van der Waals surface area contributed by atoms with Crippen molar-refractivity contribution < 1.29 is 81.8 Å². The first-order valence-corrected chi connectivity index (χ1v) is 26.5. The van der Waals surface area contributed by atoms with E-state index in [1.807, 2.05) is 0 Å². The molecule has 82 heavy (non-hydrogen) atoms. The van der Waals surface area contributed by atoms with Gasteiger partial charge in [0, 0.05) is 6.92 Å². The molecule has 0 aliphatic rings. The summed E-state index contributed by atoms with van der Waals surface area (Å²) in [5.41, 5.74) is 0. The highest BCUT2D eigenvalue weighted by Crippen LogP contribution is 2.07. The van der Waals surface area contributed by atoms with Crippen LogP contribution in [0.3, 0.4) is 0 Å². The number of hydrogen-bond acceptors (Lipinski definition) is 16. The molecule has 15 atom stereocenters. The van der Waals surface area contributed by atoms with Gasteiger partial charge in [0.15, 0.2) is 0 Å². The maximum atomic E-state index is 13.2. The Kier molecular flexibility index (Phi) is 31.0. The molecule has 0 aromatic carbocycles. The van der Waals surface area contributed by atoms with Gasteiger partial charge in [0.25, 0.3) is 0 Å². The lowest BCUT2D eigenvalue weighted by Crippen LogP contribution is -2.59. The van der Waals surface area contributed by atoms with Crippen LogP contribution in [0, 0.1) is 5.92 Å².